The lowest BCUT2D eigenvalue weighted by atomic mass is 9.73. The molecule has 0 radical (unpaired) electrons. The number of carboxylic acid groups (broad SMARTS) is 1. The van der Waals surface area contributed by atoms with Gasteiger partial charge in [0.15, 0.2) is 0 Å². The molecule has 2 aromatic carbocycles. The van der Waals surface area contributed by atoms with Crippen LogP contribution in [0.2, 0.25) is 0 Å². The Kier molecular flexibility index (Phi) is 17.6. The van der Waals surface area contributed by atoms with Crippen LogP contribution in [0.5, 0.6) is 5.75 Å². The molecule has 11 heteroatoms. The Morgan fingerprint density at radius 1 is 1.00 bits per heavy atom. The van der Waals surface area contributed by atoms with Gasteiger partial charge in [-0.05, 0) is 116 Å². The highest BCUT2D eigenvalue weighted by molar-refractivity contribution is 5.66. The quantitative estimate of drug-likeness (QED) is 0.0979. The van der Waals surface area contributed by atoms with Crippen molar-refractivity contribution in [2.45, 2.75) is 139 Å². The molecule has 11 nitrogen and oxygen atoms in total. The predicted molar refractivity (Wildman–Crippen MR) is 215 cm³/mol. The Morgan fingerprint density at radius 2 is 1.77 bits per heavy atom. The molecule has 0 aromatic heterocycles. The molecule has 9 atom stereocenters. The van der Waals surface area contributed by atoms with Gasteiger partial charge in [-0.3, -0.25) is 4.79 Å². The highest BCUT2D eigenvalue weighted by Crippen LogP contribution is 2.40. The number of β-amino-alcohol motifs (C(OH)–C–C–N with tert-alkyl or cyclic N) is 1. The fourth-order valence-corrected chi connectivity index (χ4v) is 8.21. The zero-order valence-electron chi connectivity index (χ0n) is 32.9. The Morgan fingerprint density at radius 3 is 2.48 bits per heavy atom. The van der Waals surface area contributed by atoms with Gasteiger partial charge >= 0.3 is 5.97 Å². The highest BCUT2D eigenvalue weighted by atomic mass is 16.4. The number of phenols is 1. The zero-order chi connectivity index (χ0) is 40.8. The first-order valence-electron chi connectivity index (χ1n) is 20.2. The summed E-state index contributed by atoms with van der Waals surface area (Å²) in [6.07, 6.45) is 3.83. The summed E-state index contributed by atoms with van der Waals surface area (Å²) in [6, 6.07) is 12.4. The second kappa shape index (κ2) is 21.8. The van der Waals surface area contributed by atoms with Crippen molar-refractivity contribution in [1.29, 1.82) is 0 Å². The van der Waals surface area contributed by atoms with Crippen LogP contribution >= 0.6 is 0 Å². The van der Waals surface area contributed by atoms with E-state index in [1.54, 1.807) is 37.3 Å². The van der Waals surface area contributed by atoms with Gasteiger partial charge < -0.3 is 51.3 Å². The van der Waals surface area contributed by atoms with Crippen molar-refractivity contribution < 1.29 is 50.8 Å². The van der Waals surface area contributed by atoms with Crippen LogP contribution < -0.4 is 5.32 Å². The number of aliphatic hydroxyl groups is 7. The molecule has 2 aliphatic rings. The third-order valence-electron chi connectivity index (χ3n) is 11.4. The number of carbonyl (C=O) groups is 1. The minimum Gasteiger partial charge on any atom is -0.508 e. The minimum atomic E-state index is -1.51. The number of aromatic hydroxyl groups is 1. The lowest BCUT2D eigenvalue weighted by Crippen LogP contribution is -2.50. The van der Waals surface area contributed by atoms with E-state index < -0.39 is 54.6 Å². The van der Waals surface area contributed by atoms with E-state index in [0.29, 0.717) is 43.2 Å². The summed E-state index contributed by atoms with van der Waals surface area (Å²) in [5.74, 6) is 4.67. The number of aryl methyl sites for hydroxylation is 1. The first-order valence-corrected chi connectivity index (χ1v) is 20.2. The topological polar surface area (TPSA) is 211 Å². The van der Waals surface area contributed by atoms with E-state index in [1.165, 1.54) is 0 Å². The van der Waals surface area contributed by atoms with E-state index in [2.05, 4.69) is 29.3 Å². The molecule has 2 bridgehead atoms. The smallest absolute Gasteiger partial charge is 0.303 e. The number of nitrogens with one attached hydrogen (secondary N) is 1. The molecule has 10 N–H and O–H groups in total. The number of hydrogen-bond acceptors (Lipinski definition) is 10. The van der Waals surface area contributed by atoms with Crippen molar-refractivity contribution in [2.24, 2.45) is 5.92 Å². The molecule has 0 fully saturated rings. The van der Waals surface area contributed by atoms with Gasteiger partial charge in [0.2, 0.25) is 0 Å². The van der Waals surface area contributed by atoms with Gasteiger partial charge in [0.05, 0.1) is 42.5 Å². The molecular formula is C45H63NO10. The van der Waals surface area contributed by atoms with Gasteiger partial charge in [-0.2, -0.15) is 0 Å². The summed E-state index contributed by atoms with van der Waals surface area (Å²) in [5, 5.41) is 99.6. The van der Waals surface area contributed by atoms with E-state index >= 15 is 0 Å². The van der Waals surface area contributed by atoms with E-state index in [9.17, 15) is 50.8 Å². The van der Waals surface area contributed by atoms with E-state index in [1.807, 2.05) is 19.1 Å². The molecule has 1 aliphatic carbocycles. The summed E-state index contributed by atoms with van der Waals surface area (Å²) in [7, 11) is 0. The van der Waals surface area contributed by atoms with Gasteiger partial charge in [-0.25, -0.2) is 0 Å². The van der Waals surface area contributed by atoms with Crippen molar-refractivity contribution in [3.05, 3.63) is 88.0 Å². The molecule has 0 amide bonds. The number of hydrogen-bond donors (Lipinski definition) is 10. The molecule has 1 aliphatic heterocycles. The van der Waals surface area contributed by atoms with Crippen LogP contribution in [0.1, 0.15) is 112 Å². The number of unbranched alkanes of at least 4 members (excludes halogenated alkanes) is 1. The Balaban J connectivity index is 1.97. The first-order chi connectivity index (χ1) is 26.8. The van der Waals surface area contributed by atoms with Crippen molar-refractivity contribution in [3.63, 3.8) is 0 Å². The lowest BCUT2D eigenvalue weighted by molar-refractivity contribution is -0.137. The van der Waals surface area contributed by atoms with E-state index in [-0.39, 0.29) is 62.8 Å². The second-order valence-corrected chi connectivity index (χ2v) is 15.9. The number of allylic oxidation sites excluding steroid dienone is 2. The summed E-state index contributed by atoms with van der Waals surface area (Å²) < 4.78 is 0. The molecular weight excluding hydrogens is 714 g/mol. The lowest BCUT2D eigenvalue weighted by Gasteiger charge is -2.40. The van der Waals surface area contributed by atoms with Gasteiger partial charge in [-0.1, -0.05) is 74.1 Å². The number of fused-ring (bicyclic) bond motifs is 5. The molecule has 308 valence electrons. The predicted octanol–water partition coefficient (Wildman–Crippen LogP) is 3.99. The Bertz CT molecular complexity index is 1690. The number of rotatable bonds is 18. The van der Waals surface area contributed by atoms with Crippen LogP contribution in [0.4, 0.5) is 0 Å². The molecule has 56 heavy (non-hydrogen) atoms. The third kappa shape index (κ3) is 12.7. The fraction of sp³-hybridized carbons (Fsp3) is 0.578. The monoisotopic (exact) mass is 777 g/mol. The second-order valence-electron chi connectivity index (χ2n) is 15.9. The van der Waals surface area contributed by atoms with Gasteiger partial charge in [0.1, 0.15) is 5.75 Å². The average molecular weight is 778 g/mol. The summed E-state index contributed by atoms with van der Waals surface area (Å²) in [5.41, 5.74) is 3.42. The van der Waals surface area contributed by atoms with Crippen LogP contribution in [-0.4, -0.2) is 108 Å². The largest absolute Gasteiger partial charge is 0.508 e. The Hall–Kier alpha value is -3.57. The normalized spacial score (nSPS) is 25.2. The third-order valence-corrected chi connectivity index (χ3v) is 11.4. The number of aliphatic carboxylic acids is 1. The summed E-state index contributed by atoms with van der Waals surface area (Å²) in [4.78, 5) is 11.3. The number of carboxylic acids is 1. The highest BCUT2D eigenvalue weighted by Gasteiger charge is 2.39. The van der Waals surface area contributed by atoms with Crippen molar-refractivity contribution >= 4 is 5.97 Å². The van der Waals surface area contributed by atoms with Crippen LogP contribution in [0.25, 0.3) is 0 Å². The number of benzene rings is 2. The van der Waals surface area contributed by atoms with Crippen LogP contribution in [0.3, 0.4) is 0 Å². The standard InChI is InChI=1S/C45H63NO10/c1-3-4-9-41(52)42(53)20-14-30-11-10-29-7-5-6-8-37(29)31-13-19-40(38-18-16-35(50)25-32(38)22-23-47)45(2,56)28-46-44(39(30)26-36(51)27-48)33(24-31)12-15-34(49)17-21-43(54)55/h5-8,14,16,18,20,25,31,33-34,36,40-42,44,46-53,56H,3-4,9-12,15,17,21-24,26-28H2,1-2H3,(H,54,55). The van der Waals surface area contributed by atoms with Gasteiger partial charge in [-0.15, -0.1) is 0 Å². The maximum atomic E-state index is 12.4. The zero-order valence-corrected chi connectivity index (χ0v) is 32.9. The average Bonchev–Trinajstić information content (AvgIpc) is 3.17. The first kappa shape index (κ1) is 45.1. The molecule has 0 saturated heterocycles. The van der Waals surface area contributed by atoms with Crippen molar-refractivity contribution in [2.75, 3.05) is 19.8 Å². The van der Waals surface area contributed by atoms with Crippen LogP contribution in [-0.2, 0) is 17.6 Å². The summed E-state index contributed by atoms with van der Waals surface area (Å²) >= 11 is 0. The number of aliphatic hydroxyl groups excluding tert-OH is 6. The molecule has 2 aromatic rings. The minimum absolute atomic E-state index is 0.0177. The molecule has 0 spiro atoms. The molecule has 4 rings (SSSR count). The van der Waals surface area contributed by atoms with Crippen molar-refractivity contribution in [1.82, 2.24) is 5.32 Å². The van der Waals surface area contributed by atoms with Crippen LogP contribution in [0.15, 0.2) is 65.8 Å². The molecule has 0 saturated carbocycles. The fourth-order valence-electron chi connectivity index (χ4n) is 8.21. The summed E-state index contributed by atoms with van der Waals surface area (Å²) in [6.45, 7) is 3.04. The van der Waals surface area contributed by atoms with Gasteiger partial charge in [0.25, 0.3) is 0 Å². The van der Waals surface area contributed by atoms with Crippen LogP contribution in [0, 0.1) is 17.8 Å². The van der Waals surface area contributed by atoms with Crippen molar-refractivity contribution in [3.8, 4) is 17.6 Å². The maximum Gasteiger partial charge on any atom is 0.303 e. The Labute approximate surface area is 331 Å². The molecule has 9 unspecified atom stereocenters. The molecule has 1 heterocycles. The van der Waals surface area contributed by atoms with E-state index in [0.717, 1.165) is 35.1 Å². The van der Waals surface area contributed by atoms with Gasteiger partial charge in [0, 0.05) is 31.5 Å². The number of phenolic OH excluding ortho intramolecular Hbond substituents is 1. The van der Waals surface area contributed by atoms with E-state index in [4.69, 9.17) is 0 Å². The SMILES string of the molecule is CCCCC(O)C(O)C=CC1=C(CC(O)CO)C2NCC(C)(O)C(c3ccc(O)cc3CCO)C#CC(CC2CCC(O)CCC(=O)O)c2ccccc2CC1. The maximum absolute atomic E-state index is 12.4.